The van der Waals surface area contributed by atoms with Gasteiger partial charge in [0.1, 0.15) is 15.2 Å². The normalized spacial score (nSPS) is 11.1. The molecule has 3 rings (SSSR count). The molecular weight excluding hydrogens is 470 g/mol. The molecule has 0 spiro atoms. The van der Waals surface area contributed by atoms with Gasteiger partial charge in [-0.2, -0.15) is 5.10 Å². The molecule has 0 unspecified atom stereocenters. The second-order valence-corrected chi connectivity index (χ2v) is 6.22. The highest BCUT2D eigenvalue weighted by molar-refractivity contribution is 14.1. The minimum atomic E-state index is 0.227. The van der Waals surface area contributed by atoms with Gasteiger partial charge in [-0.3, -0.25) is 0 Å². The largest absolute Gasteiger partial charge is 0.508 e. The van der Waals surface area contributed by atoms with Crippen molar-refractivity contribution >= 4 is 56.1 Å². The third-order valence-corrected chi connectivity index (χ3v) is 4.66. The Morgan fingerprint density at radius 3 is 2.37 bits per heavy atom. The summed E-state index contributed by atoms with van der Waals surface area (Å²) in [5.74, 6) is 0.461. The molecule has 3 aromatic rings. The number of phenols is 2. The summed E-state index contributed by atoms with van der Waals surface area (Å²) in [4.78, 5) is 0. The molecule has 0 atom stereocenters. The average Bonchev–Trinajstić information content (AvgIpc) is 2.67. The van der Waals surface area contributed by atoms with Crippen LogP contribution in [-0.4, -0.2) is 20.0 Å². The fraction of sp³-hybridized carbons (Fsp3) is 0. The van der Waals surface area contributed by atoms with Crippen LogP contribution >= 0.6 is 45.2 Å². The minimum absolute atomic E-state index is 0.227. The number of halogens is 2. The fourth-order valence-electron chi connectivity index (χ4n) is 1.87. The average molecular weight is 478 g/mol. The van der Waals surface area contributed by atoms with Crippen LogP contribution < -0.4 is 0 Å². The highest BCUT2D eigenvalue weighted by Gasteiger charge is 2.13. The maximum Gasteiger partial charge on any atom is 0.116 e. The van der Waals surface area contributed by atoms with E-state index in [4.69, 9.17) is 0 Å². The zero-order valence-electron chi connectivity index (χ0n) is 9.51. The Bertz CT molecular complexity index is 784. The van der Waals surface area contributed by atoms with Crippen LogP contribution in [-0.2, 0) is 0 Å². The summed E-state index contributed by atoms with van der Waals surface area (Å²) in [6.45, 7) is 0. The topological polar surface area (TPSA) is 58.3 Å². The number of hydrogen-bond acceptors (Lipinski definition) is 3. The van der Waals surface area contributed by atoms with E-state index in [1.54, 1.807) is 30.3 Å². The van der Waals surface area contributed by atoms with E-state index >= 15 is 0 Å². The Morgan fingerprint density at radius 1 is 0.947 bits per heavy atom. The van der Waals surface area contributed by atoms with Crippen molar-refractivity contribution in [3.8, 4) is 17.2 Å². The molecule has 4 nitrogen and oxygen atoms in total. The lowest BCUT2D eigenvalue weighted by Gasteiger charge is -2.06. The van der Waals surface area contributed by atoms with Crippen LogP contribution in [0, 0.1) is 7.27 Å². The molecule has 0 saturated heterocycles. The number of nitrogens with zero attached hydrogens (tertiary/aromatic N) is 2. The van der Waals surface area contributed by atoms with E-state index in [0.29, 0.717) is 0 Å². The number of fused-ring (bicyclic) bond motifs is 1. The van der Waals surface area contributed by atoms with Crippen molar-refractivity contribution in [2.75, 3.05) is 0 Å². The van der Waals surface area contributed by atoms with Crippen molar-refractivity contribution in [1.29, 1.82) is 0 Å². The summed E-state index contributed by atoms with van der Waals surface area (Å²) < 4.78 is 3.64. The first-order chi connectivity index (χ1) is 9.06. The molecule has 0 aliphatic rings. The summed E-state index contributed by atoms with van der Waals surface area (Å²) in [6, 6.07) is 10.3. The van der Waals surface area contributed by atoms with Gasteiger partial charge in [0.25, 0.3) is 0 Å². The lowest BCUT2D eigenvalue weighted by atomic mass is 10.2. The monoisotopic (exact) mass is 478 g/mol. The predicted octanol–water partition coefficient (Wildman–Crippen LogP) is 3.65. The van der Waals surface area contributed by atoms with Gasteiger partial charge in [-0.15, -0.1) is 0 Å². The Balaban J connectivity index is 2.28. The number of aromatic nitrogens is 2. The Morgan fingerprint density at radius 2 is 1.63 bits per heavy atom. The van der Waals surface area contributed by atoms with Gasteiger partial charge in [-0.05, 0) is 81.6 Å². The third-order valence-electron chi connectivity index (χ3n) is 2.76. The first-order valence-electron chi connectivity index (χ1n) is 5.42. The molecular formula is C13H8I2N2O2. The van der Waals surface area contributed by atoms with Crippen molar-refractivity contribution in [3.63, 3.8) is 0 Å². The molecule has 1 aromatic heterocycles. The summed E-state index contributed by atoms with van der Waals surface area (Å²) in [7, 11) is 0. The molecule has 2 N–H and O–H groups in total. The zero-order chi connectivity index (χ0) is 13.6. The SMILES string of the molecule is Oc1ccc(-n2nc3ccc(O)cc3c2I)c(I)c1. The number of rotatable bonds is 1. The highest BCUT2D eigenvalue weighted by Crippen LogP contribution is 2.29. The number of phenolic OH excluding ortho intramolecular Hbond substituents is 2. The van der Waals surface area contributed by atoms with Gasteiger partial charge in [0.2, 0.25) is 0 Å². The molecule has 2 aromatic carbocycles. The smallest absolute Gasteiger partial charge is 0.116 e. The van der Waals surface area contributed by atoms with E-state index in [1.807, 2.05) is 10.7 Å². The van der Waals surface area contributed by atoms with Crippen LogP contribution in [0.15, 0.2) is 36.4 Å². The molecule has 96 valence electrons. The zero-order valence-corrected chi connectivity index (χ0v) is 13.8. The molecule has 0 amide bonds. The Labute approximate surface area is 136 Å². The molecule has 0 bridgehead atoms. The van der Waals surface area contributed by atoms with E-state index < -0.39 is 0 Å². The quantitative estimate of drug-likeness (QED) is 0.526. The standard InChI is InChI=1S/C13H8I2N2O2/c14-10-6-8(19)2-4-12(10)17-13(15)9-5-7(18)1-3-11(9)16-17/h1-6,18-19H. The van der Waals surface area contributed by atoms with Crippen molar-refractivity contribution in [1.82, 2.24) is 9.78 Å². The molecule has 0 aliphatic heterocycles. The van der Waals surface area contributed by atoms with Crippen LogP contribution in [0.3, 0.4) is 0 Å². The van der Waals surface area contributed by atoms with Gasteiger partial charge in [-0.25, -0.2) is 4.68 Å². The maximum absolute atomic E-state index is 9.55. The summed E-state index contributed by atoms with van der Waals surface area (Å²) in [6.07, 6.45) is 0. The Kier molecular flexibility index (Phi) is 3.29. The summed E-state index contributed by atoms with van der Waals surface area (Å²) >= 11 is 4.37. The molecule has 0 radical (unpaired) electrons. The van der Waals surface area contributed by atoms with Crippen molar-refractivity contribution in [3.05, 3.63) is 43.7 Å². The first-order valence-corrected chi connectivity index (χ1v) is 7.58. The third kappa shape index (κ3) is 2.27. The molecule has 1 heterocycles. The van der Waals surface area contributed by atoms with Gasteiger partial charge < -0.3 is 10.2 Å². The van der Waals surface area contributed by atoms with Crippen molar-refractivity contribution < 1.29 is 10.2 Å². The molecule has 0 aliphatic carbocycles. The first kappa shape index (κ1) is 13.0. The fourth-order valence-corrected chi connectivity index (χ4v) is 3.40. The van der Waals surface area contributed by atoms with E-state index in [9.17, 15) is 10.2 Å². The lowest BCUT2D eigenvalue weighted by molar-refractivity contribution is 0.474. The highest BCUT2D eigenvalue weighted by atomic mass is 127. The molecule has 0 saturated carbocycles. The van der Waals surface area contributed by atoms with Crippen LogP contribution in [0.25, 0.3) is 16.6 Å². The molecule has 19 heavy (non-hydrogen) atoms. The molecule has 6 heteroatoms. The predicted molar refractivity (Wildman–Crippen MR) is 89.8 cm³/mol. The molecule has 0 fully saturated rings. The number of hydrogen-bond donors (Lipinski definition) is 2. The van der Waals surface area contributed by atoms with Gasteiger partial charge in [0.15, 0.2) is 0 Å². The van der Waals surface area contributed by atoms with E-state index in [0.717, 1.165) is 23.9 Å². The van der Waals surface area contributed by atoms with Gasteiger partial charge in [0.05, 0.1) is 11.2 Å². The Hall–Kier alpha value is -1.03. The lowest BCUT2D eigenvalue weighted by Crippen LogP contribution is -2.00. The van der Waals surface area contributed by atoms with Crippen LogP contribution in [0.4, 0.5) is 0 Å². The van der Waals surface area contributed by atoms with Crippen LogP contribution in [0.2, 0.25) is 0 Å². The van der Waals surface area contributed by atoms with Crippen LogP contribution in [0.5, 0.6) is 11.5 Å². The van der Waals surface area contributed by atoms with Gasteiger partial charge in [-0.1, -0.05) is 0 Å². The van der Waals surface area contributed by atoms with E-state index in [2.05, 4.69) is 50.3 Å². The second-order valence-electron chi connectivity index (χ2n) is 4.04. The van der Waals surface area contributed by atoms with E-state index in [-0.39, 0.29) is 11.5 Å². The second kappa shape index (κ2) is 4.82. The minimum Gasteiger partial charge on any atom is -0.508 e. The van der Waals surface area contributed by atoms with Crippen LogP contribution in [0.1, 0.15) is 0 Å². The number of aromatic hydroxyl groups is 2. The maximum atomic E-state index is 9.55. The van der Waals surface area contributed by atoms with Gasteiger partial charge >= 0.3 is 0 Å². The summed E-state index contributed by atoms with van der Waals surface area (Å²) in [5, 5.41) is 24.4. The van der Waals surface area contributed by atoms with E-state index in [1.165, 1.54) is 0 Å². The number of benzene rings is 2. The van der Waals surface area contributed by atoms with Crippen molar-refractivity contribution in [2.45, 2.75) is 0 Å². The van der Waals surface area contributed by atoms with Gasteiger partial charge in [0, 0.05) is 8.96 Å². The summed E-state index contributed by atoms with van der Waals surface area (Å²) in [5.41, 5.74) is 1.73. The van der Waals surface area contributed by atoms with Crippen molar-refractivity contribution in [2.24, 2.45) is 0 Å².